The highest BCUT2D eigenvalue weighted by atomic mass is 16.5. The lowest BCUT2D eigenvalue weighted by atomic mass is 10.2. The second-order valence-electron chi connectivity index (χ2n) is 3.60. The quantitative estimate of drug-likeness (QED) is 0.787. The summed E-state index contributed by atoms with van der Waals surface area (Å²) in [7, 11) is 0. The molecule has 16 heavy (non-hydrogen) atoms. The molecule has 3 nitrogen and oxygen atoms in total. The van der Waals surface area contributed by atoms with Crippen LogP contribution in [0.15, 0.2) is 36.7 Å². The minimum atomic E-state index is 0.535. The van der Waals surface area contributed by atoms with Crippen molar-refractivity contribution in [2.45, 2.75) is 20.3 Å². The van der Waals surface area contributed by atoms with Gasteiger partial charge in [0.15, 0.2) is 0 Å². The summed E-state index contributed by atoms with van der Waals surface area (Å²) in [6, 6.07) is 8.00. The molecule has 3 heteroatoms. The van der Waals surface area contributed by atoms with Crippen molar-refractivity contribution in [2.24, 2.45) is 0 Å². The van der Waals surface area contributed by atoms with Gasteiger partial charge in [-0.3, -0.25) is 4.98 Å². The maximum atomic E-state index is 5.63. The van der Waals surface area contributed by atoms with Gasteiger partial charge in [-0.05, 0) is 31.0 Å². The first kappa shape index (κ1) is 10.6. The van der Waals surface area contributed by atoms with Crippen LogP contribution in [0.3, 0.4) is 0 Å². The Morgan fingerprint density at radius 3 is 2.88 bits per heavy atom. The van der Waals surface area contributed by atoms with Crippen LogP contribution in [0.25, 0.3) is 0 Å². The fourth-order valence-corrected chi connectivity index (χ4v) is 1.44. The van der Waals surface area contributed by atoms with E-state index < -0.39 is 0 Å². The molecule has 0 N–H and O–H groups in total. The van der Waals surface area contributed by atoms with Crippen molar-refractivity contribution in [3.05, 3.63) is 47.9 Å². The molecule has 0 atom stereocenters. The molecule has 0 saturated heterocycles. The first-order valence-corrected chi connectivity index (χ1v) is 5.33. The van der Waals surface area contributed by atoms with Gasteiger partial charge in [-0.1, -0.05) is 19.1 Å². The summed E-state index contributed by atoms with van der Waals surface area (Å²) in [6.07, 6.45) is 4.32. The predicted molar refractivity (Wildman–Crippen MR) is 62.7 cm³/mol. The summed E-state index contributed by atoms with van der Waals surface area (Å²) in [5.74, 6) is 1.34. The summed E-state index contributed by atoms with van der Waals surface area (Å²) < 4.78 is 5.63. The van der Waals surface area contributed by atoms with Crippen LogP contribution in [-0.2, 0) is 6.42 Å². The summed E-state index contributed by atoms with van der Waals surface area (Å²) in [5.41, 5.74) is 2.10. The fraction of sp³-hybridized carbons (Fsp3) is 0.231. The third kappa shape index (κ3) is 2.57. The van der Waals surface area contributed by atoms with Crippen LogP contribution >= 0.6 is 0 Å². The van der Waals surface area contributed by atoms with E-state index in [4.69, 9.17) is 4.74 Å². The number of hydrogen-bond acceptors (Lipinski definition) is 3. The zero-order valence-electron chi connectivity index (χ0n) is 9.47. The SMILES string of the molecule is CCc1cccc(Oc2cncc(C)n2)c1. The first-order chi connectivity index (χ1) is 7.78. The van der Waals surface area contributed by atoms with Crippen LogP contribution in [0.5, 0.6) is 11.6 Å². The van der Waals surface area contributed by atoms with Gasteiger partial charge in [0.25, 0.3) is 0 Å². The van der Waals surface area contributed by atoms with Crippen LogP contribution in [0.1, 0.15) is 18.2 Å². The van der Waals surface area contributed by atoms with Crippen LogP contribution in [0, 0.1) is 6.92 Å². The third-order valence-electron chi connectivity index (χ3n) is 2.26. The number of benzene rings is 1. The molecule has 2 aromatic rings. The van der Waals surface area contributed by atoms with E-state index in [2.05, 4.69) is 23.0 Å². The lowest BCUT2D eigenvalue weighted by molar-refractivity contribution is 0.458. The highest BCUT2D eigenvalue weighted by Crippen LogP contribution is 2.20. The first-order valence-electron chi connectivity index (χ1n) is 5.33. The summed E-state index contributed by atoms with van der Waals surface area (Å²) in [5, 5.41) is 0. The maximum absolute atomic E-state index is 5.63. The number of nitrogens with zero attached hydrogens (tertiary/aromatic N) is 2. The van der Waals surface area contributed by atoms with Gasteiger partial charge < -0.3 is 4.74 Å². The number of ether oxygens (including phenoxy) is 1. The largest absolute Gasteiger partial charge is 0.437 e. The monoisotopic (exact) mass is 214 g/mol. The van der Waals surface area contributed by atoms with Crippen LogP contribution in [0.4, 0.5) is 0 Å². The molecule has 0 spiro atoms. The minimum absolute atomic E-state index is 0.535. The van der Waals surface area contributed by atoms with Gasteiger partial charge in [0, 0.05) is 6.20 Å². The van der Waals surface area contributed by atoms with Gasteiger partial charge in [-0.2, -0.15) is 0 Å². The average molecular weight is 214 g/mol. The Balaban J connectivity index is 2.20. The molecular formula is C13H14N2O. The molecule has 0 saturated carbocycles. The lowest BCUT2D eigenvalue weighted by Gasteiger charge is -2.05. The number of hydrogen-bond donors (Lipinski definition) is 0. The highest BCUT2D eigenvalue weighted by molar-refractivity contribution is 5.31. The summed E-state index contributed by atoms with van der Waals surface area (Å²) >= 11 is 0. The number of aromatic nitrogens is 2. The molecule has 1 aromatic heterocycles. The van der Waals surface area contributed by atoms with Crippen molar-refractivity contribution >= 4 is 0 Å². The van der Waals surface area contributed by atoms with E-state index >= 15 is 0 Å². The van der Waals surface area contributed by atoms with Gasteiger partial charge in [-0.25, -0.2) is 4.98 Å². The van der Waals surface area contributed by atoms with Gasteiger partial charge in [0.1, 0.15) is 5.75 Å². The molecule has 1 aromatic carbocycles. The van der Waals surface area contributed by atoms with E-state index in [1.165, 1.54) is 5.56 Å². The van der Waals surface area contributed by atoms with Crippen molar-refractivity contribution in [3.8, 4) is 11.6 Å². The molecular weight excluding hydrogens is 200 g/mol. The van der Waals surface area contributed by atoms with Crippen molar-refractivity contribution < 1.29 is 4.74 Å². The van der Waals surface area contributed by atoms with E-state index in [1.807, 2.05) is 25.1 Å². The van der Waals surface area contributed by atoms with Crippen LogP contribution < -0.4 is 4.74 Å². The number of aryl methyl sites for hydroxylation is 2. The zero-order chi connectivity index (χ0) is 11.4. The molecule has 0 unspecified atom stereocenters. The van der Waals surface area contributed by atoms with Gasteiger partial charge >= 0.3 is 0 Å². The molecule has 0 bridgehead atoms. The lowest BCUT2D eigenvalue weighted by Crippen LogP contribution is -1.91. The number of rotatable bonds is 3. The topological polar surface area (TPSA) is 35.0 Å². The second-order valence-corrected chi connectivity index (χ2v) is 3.60. The second kappa shape index (κ2) is 4.75. The summed E-state index contributed by atoms with van der Waals surface area (Å²) in [6.45, 7) is 4.01. The molecule has 0 amide bonds. The maximum Gasteiger partial charge on any atom is 0.238 e. The van der Waals surface area contributed by atoms with E-state index in [-0.39, 0.29) is 0 Å². The standard InChI is InChI=1S/C13H14N2O/c1-3-11-5-4-6-12(7-11)16-13-9-14-8-10(2)15-13/h4-9H,3H2,1-2H3. The molecule has 1 heterocycles. The Morgan fingerprint density at radius 1 is 1.25 bits per heavy atom. The Bertz CT molecular complexity index is 483. The van der Waals surface area contributed by atoms with Crippen LogP contribution in [0.2, 0.25) is 0 Å². The van der Waals surface area contributed by atoms with Gasteiger partial charge in [0.2, 0.25) is 5.88 Å². The molecule has 0 aliphatic heterocycles. The van der Waals surface area contributed by atoms with Crippen molar-refractivity contribution in [3.63, 3.8) is 0 Å². The fourth-order valence-electron chi connectivity index (χ4n) is 1.44. The average Bonchev–Trinajstić information content (AvgIpc) is 2.29. The smallest absolute Gasteiger partial charge is 0.238 e. The third-order valence-corrected chi connectivity index (χ3v) is 2.26. The predicted octanol–water partition coefficient (Wildman–Crippen LogP) is 3.14. The minimum Gasteiger partial charge on any atom is -0.437 e. The molecule has 0 radical (unpaired) electrons. The van der Waals surface area contributed by atoms with Gasteiger partial charge in [-0.15, -0.1) is 0 Å². The Morgan fingerprint density at radius 2 is 2.12 bits per heavy atom. The normalized spacial score (nSPS) is 10.1. The Labute approximate surface area is 95.1 Å². The van der Waals surface area contributed by atoms with Crippen molar-refractivity contribution in [1.29, 1.82) is 0 Å². The summed E-state index contributed by atoms with van der Waals surface area (Å²) in [4.78, 5) is 8.27. The van der Waals surface area contributed by atoms with E-state index in [0.717, 1.165) is 17.9 Å². The van der Waals surface area contributed by atoms with Crippen molar-refractivity contribution in [2.75, 3.05) is 0 Å². The molecule has 0 aliphatic rings. The van der Waals surface area contributed by atoms with Gasteiger partial charge in [0.05, 0.1) is 11.9 Å². The Kier molecular flexibility index (Phi) is 3.15. The molecule has 2 rings (SSSR count). The van der Waals surface area contributed by atoms with E-state index in [1.54, 1.807) is 12.4 Å². The molecule has 0 fully saturated rings. The van der Waals surface area contributed by atoms with E-state index in [9.17, 15) is 0 Å². The van der Waals surface area contributed by atoms with Crippen molar-refractivity contribution in [1.82, 2.24) is 9.97 Å². The van der Waals surface area contributed by atoms with Crippen LogP contribution in [-0.4, -0.2) is 9.97 Å². The molecule has 0 aliphatic carbocycles. The highest BCUT2D eigenvalue weighted by Gasteiger charge is 2.00. The zero-order valence-corrected chi connectivity index (χ0v) is 9.47. The molecule has 82 valence electrons. The van der Waals surface area contributed by atoms with E-state index in [0.29, 0.717) is 5.88 Å². The Hall–Kier alpha value is -1.90.